The molecule has 1 amide bonds. The SMILES string of the molecule is O=C(c1cccc(S(=O)(=O)NC2CC2)c1)N1CCCc2cc(OC(F)(F)F)ccc21. The third-order valence-electron chi connectivity index (χ3n) is 4.94. The monoisotopic (exact) mass is 440 g/mol. The van der Waals surface area contributed by atoms with E-state index in [2.05, 4.69) is 9.46 Å². The zero-order valence-electron chi connectivity index (χ0n) is 15.8. The lowest BCUT2D eigenvalue weighted by Crippen LogP contribution is -2.35. The molecule has 0 spiro atoms. The first kappa shape index (κ1) is 20.7. The largest absolute Gasteiger partial charge is 0.573 e. The summed E-state index contributed by atoms with van der Waals surface area (Å²) in [6, 6.07) is 9.57. The Balaban J connectivity index is 1.60. The van der Waals surface area contributed by atoms with Gasteiger partial charge >= 0.3 is 6.36 Å². The summed E-state index contributed by atoms with van der Waals surface area (Å²) in [6.07, 6.45) is -2.13. The fraction of sp³-hybridized carbons (Fsp3) is 0.350. The number of carbonyl (C=O) groups excluding carboxylic acids is 1. The third kappa shape index (κ3) is 4.59. The van der Waals surface area contributed by atoms with Crippen LogP contribution in [0.15, 0.2) is 47.4 Å². The van der Waals surface area contributed by atoms with Crippen molar-refractivity contribution >= 4 is 21.6 Å². The molecular weight excluding hydrogens is 421 g/mol. The molecule has 160 valence electrons. The highest BCUT2D eigenvalue weighted by Crippen LogP contribution is 2.33. The molecule has 0 atom stereocenters. The van der Waals surface area contributed by atoms with E-state index in [0.717, 1.165) is 12.8 Å². The van der Waals surface area contributed by atoms with Crippen LogP contribution in [0.4, 0.5) is 18.9 Å². The Morgan fingerprint density at radius 2 is 1.90 bits per heavy atom. The number of alkyl halides is 3. The molecule has 0 radical (unpaired) electrons. The summed E-state index contributed by atoms with van der Waals surface area (Å²) in [5.74, 6) is -0.751. The second kappa shape index (κ2) is 7.59. The number of amides is 1. The summed E-state index contributed by atoms with van der Waals surface area (Å²) in [7, 11) is -3.71. The second-order valence-corrected chi connectivity index (χ2v) is 9.04. The summed E-state index contributed by atoms with van der Waals surface area (Å²) < 4.78 is 68.8. The Hall–Kier alpha value is -2.59. The molecule has 0 saturated heterocycles. The maximum atomic E-state index is 13.1. The van der Waals surface area contributed by atoms with Crippen LogP contribution in [-0.4, -0.2) is 33.3 Å². The van der Waals surface area contributed by atoms with Gasteiger partial charge in [-0.15, -0.1) is 13.2 Å². The fourth-order valence-electron chi connectivity index (χ4n) is 3.42. The smallest absolute Gasteiger partial charge is 0.406 e. The Labute approximate surface area is 171 Å². The molecule has 30 heavy (non-hydrogen) atoms. The van der Waals surface area contributed by atoms with E-state index in [1.54, 1.807) is 0 Å². The lowest BCUT2D eigenvalue weighted by atomic mass is 10.0. The lowest BCUT2D eigenvalue weighted by molar-refractivity contribution is -0.274. The average molecular weight is 440 g/mol. The number of fused-ring (bicyclic) bond motifs is 1. The standard InChI is InChI=1S/C20H19F3N2O4S/c21-20(22,23)29-16-8-9-18-13(11-16)4-2-10-25(18)19(26)14-3-1-5-17(12-14)30(27,28)24-15-6-7-15/h1,3,5,8-9,11-12,15,24H,2,4,6-7,10H2. The van der Waals surface area contributed by atoms with E-state index in [-0.39, 0.29) is 22.3 Å². The number of hydrogen-bond acceptors (Lipinski definition) is 4. The molecule has 0 unspecified atom stereocenters. The summed E-state index contributed by atoms with van der Waals surface area (Å²) in [5, 5.41) is 0. The zero-order valence-corrected chi connectivity index (χ0v) is 16.6. The van der Waals surface area contributed by atoms with Gasteiger partial charge in [0.2, 0.25) is 10.0 Å². The molecule has 0 aromatic heterocycles. The molecule has 1 heterocycles. The van der Waals surface area contributed by atoms with Gasteiger partial charge in [-0.3, -0.25) is 4.79 Å². The van der Waals surface area contributed by atoms with Gasteiger partial charge in [-0.2, -0.15) is 0 Å². The number of anilines is 1. The number of benzene rings is 2. The fourth-order valence-corrected chi connectivity index (χ4v) is 4.77. The number of hydrogen-bond donors (Lipinski definition) is 1. The van der Waals surface area contributed by atoms with Crippen LogP contribution in [0.5, 0.6) is 5.75 Å². The van der Waals surface area contributed by atoms with Crippen molar-refractivity contribution in [2.75, 3.05) is 11.4 Å². The van der Waals surface area contributed by atoms with Gasteiger partial charge in [0, 0.05) is 23.8 Å². The molecule has 4 rings (SSSR count). The van der Waals surface area contributed by atoms with E-state index in [1.807, 2.05) is 0 Å². The highest BCUT2D eigenvalue weighted by atomic mass is 32.2. The van der Waals surface area contributed by atoms with Gasteiger partial charge in [0.1, 0.15) is 5.75 Å². The average Bonchev–Trinajstić information content (AvgIpc) is 3.49. The first-order valence-corrected chi connectivity index (χ1v) is 10.9. The minimum absolute atomic E-state index is 0.00593. The molecule has 1 N–H and O–H groups in total. The van der Waals surface area contributed by atoms with Crippen molar-refractivity contribution in [3.63, 3.8) is 0 Å². The molecule has 1 aliphatic heterocycles. The van der Waals surface area contributed by atoms with Crippen LogP contribution in [-0.2, 0) is 16.4 Å². The van der Waals surface area contributed by atoms with E-state index < -0.39 is 22.3 Å². The van der Waals surface area contributed by atoms with Gasteiger partial charge in [0.15, 0.2) is 0 Å². The highest BCUT2D eigenvalue weighted by Gasteiger charge is 2.32. The van der Waals surface area contributed by atoms with Gasteiger partial charge in [-0.25, -0.2) is 13.1 Å². The van der Waals surface area contributed by atoms with Crippen LogP contribution < -0.4 is 14.4 Å². The van der Waals surface area contributed by atoms with Crippen molar-refractivity contribution in [2.24, 2.45) is 0 Å². The van der Waals surface area contributed by atoms with Gasteiger partial charge in [0.05, 0.1) is 4.90 Å². The number of carbonyl (C=O) groups is 1. The third-order valence-corrected chi connectivity index (χ3v) is 6.46. The first-order valence-electron chi connectivity index (χ1n) is 9.45. The van der Waals surface area contributed by atoms with Crippen molar-refractivity contribution < 1.29 is 31.1 Å². The van der Waals surface area contributed by atoms with Crippen LogP contribution in [0.3, 0.4) is 0 Å². The first-order chi connectivity index (χ1) is 14.1. The molecular formula is C20H19F3N2O4S. The molecule has 1 aliphatic carbocycles. The molecule has 6 nitrogen and oxygen atoms in total. The van der Waals surface area contributed by atoms with Gasteiger partial charge in [0.25, 0.3) is 5.91 Å². The number of nitrogens with one attached hydrogen (secondary N) is 1. The summed E-state index contributed by atoms with van der Waals surface area (Å²) in [4.78, 5) is 14.5. The van der Waals surface area contributed by atoms with Crippen molar-refractivity contribution in [1.29, 1.82) is 0 Å². The zero-order chi connectivity index (χ0) is 21.5. The minimum atomic E-state index is -4.79. The quantitative estimate of drug-likeness (QED) is 0.771. The van der Waals surface area contributed by atoms with Crippen LogP contribution in [0.25, 0.3) is 0 Å². The van der Waals surface area contributed by atoms with E-state index in [4.69, 9.17) is 0 Å². The summed E-state index contributed by atoms with van der Waals surface area (Å²) in [5.41, 5.74) is 1.25. The number of sulfonamides is 1. The van der Waals surface area contributed by atoms with Crippen LogP contribution in [0.2, 0.25) is 0 Å². The second-order valence-electron chi connectivity index (χ2n) is 7.32. The molecule has 0 bridgehead atoms. The van der Waals surface area contributed by atoms with E-state index in [9.17, 15) is 26.4 Å². The predicted molar refractivity (Wildman–Crippen MR) is 103 cm³/mol. The molecule has 2 aromatic rings. The molecule has 1 fully saturated rings. The highest BCUT2D eigenvalue weighted by molar-refractivity contribution is 7.89. The van der Waals surface area contributed by atoms with Crippen molar-refractivity contribution in [1.82, 2.24) is 4.72 Å². The number of aryl methyl sites for hydroxylation is 1. The molecule has 2 aliphatic rings. The van der Waals surface area contributed by atoms with E-state index in [1.165, 1.54) is 47.4 Å². The normalized spacial score (nSPS) is 16.8. The van der Waals surface area contributed by atoms with Crippen LogP contribution in [0, 0.1) is 0 Å². The summed E-state index contributed by atoms with van der Waals surface area (Å²) >= 11 is 0. The Bertz CT molecular complexity index is 1080. The van der Waals surface area contributed by atoms with Crippen molar-refractivity contribution in [2.45, 2.75) is 43.0 Å². The Morgan fingerprint density at radius 1 is 1.13 bits per heavy atom. The summed E-state index contributed by atoms with van der Waals surface area (Å²) in [6.45, 7) is 0.378. The van der Waals surface area contributed by atoms with Gasteiger partial charge in [-0.1, -0.05) is 6.07 Å². The van der Waals surface area contributed by atoms with E-state index in [0.29, 0.717) is 30.6 Å². The molecule has 1 saturated carbocycles. The number of rotatable bonds is 5. The maximum Gasteiger partial charge on any atom is 0.573 e. The van der Waals surface area contributed by atoms with Gasteiger partial charge < -0.3 is 9.64 Å². The predicted octanol–water partition coefficient (Wildman–Crippen LogP) is 3.62. The van der Waals surface area contributed by atoms with Crippen LogP contribution in [0.1, 0.15) is 35.2 Å². The molecule has 10 heteroatoms. The van der Waals surface area contributed by atoms with Crippen molar-refractivity contribution in [3.8, 4) is 5.75 Å². The lowest BCUT2D eigenvalue weighted by Gasteiger charge is -2.30. The Morgan fingerprint density at radius 3 is 2.60 bits per heavy atom. The minimum Gasteiger partial charge on any atom is -0.406 e. The number of nitrogens with zero attached hydrogens (tertiary/aromatic N) is 1. The number of halogens is 3. The molecule has 2 aromatic carbocycles. The van der Waals surface area contributed by atoms with Gasteiger partial charge in [-0.05, 0) is 67.6 Å². The number of ether oxygens (including phenoxy) is 1. The van der Waals surface area contributed by atoms with Crippen molar-refractivity contribution in [3.05, 3.63) is 53.6 Å². The maximum absolute atomic E-state index is 13.1. The topological polar surface area (TPSA) is 75.7 Å². The van der Waals surface area contributed by atoms with Crippen LogP contribution >= 0.6 is 0 Å². The van der Waals surface area contributed by atoms with E-state index >= 15 is 0 Å². The Kier molecular flexibility index (Phi) is 5.23.